The molecule has 6 heterocycles. The third-order valence-electron chi connectivity index (χ3n) is 12.2. The van der Waals surface area contributed by atoms with Crippen LogP contribution in [0.25, 0.3) is 11.4 Å². The van der Waals surface area contributed by atoms with E-state index in [1.165, 1.54) is 70.4 Å². The highest BCUT2D eigenvalue weighted by Crippen LogP contribution is 2.56. The van der Waals surface area contributed by atoms with Crippen LogP contribution in [0.1, 0.15) is 66.7 Å². The van der Waals surface area contributed by atoms with Crippen LogP contribution in [-0.4, -0.2) is 96.2 Å². The molecule has 8 rings (SSSR count). The van der Waals surface area contributed by atoms with Crippen molar-refractivity contribution in [3.63, 3.8) is 0 Å². The van der Waals surface area contributed by atoms with E-state index in [2.05, 4.69) is 56.3 Å². The van der Waals surface area contributed by atoms with Crippen molar-refractivity contribution >= 4 is 23.1 Å². The molecule has 254 valence electrons. The van der Waals surface area contributed by atoms with Gasteiger partial charge in [0.25, 0.3) is 5.91 Å². The van der Waals surface area contributed by atoms with E-state index in [0.717, 1.165) is 61.8 Å². The number of rotatable bonds is 8. The largest absolute Gasteiger partial charge is 0.381 e. The Morgan fingerprint density at radius 3 is 2.40 bits per heavy atom. The van der Waals surface area contributed by atoms with E-state index in [-0.39, 0.29) is 11.1 Å². The number of ether oxygens (including phenoxy) is 1. The molecule has 1 unspecified atom stereocenters. The van der Waals surface area contributed by atoms with E-state index in [1.807, 2.05) is 19.1 Å². The lowest BCUT2D eigenvalue weighted by atomic mass is 9.72. The normalized spacial score (nSPS) is 24.0. The molecule has 1 saturated carbocycles. The van der Waals surface area contributed by atoms with Gasteiger partial charge in [0.05, 0.1) is 18.0 Å². The lowest BCUT2D eigenvalue weighted by Gasteiger charge is -2.54. The van der Waals surface area contributed by atoms with Crippen molar-refractivity contribution < 1.29 is 9.53 Å². The van der Waals surface area contributed by atoms with Crippen molar-refractivity contribution in [3.05, 3.63) is 59.5 Å². The van der Waals surface area contributed by atoms with E-state index in [4.69, 9.17) is 20.4 Å². The number of hydrogen-bond donors (Lipinski definition) is 2. The molecule has 4 saturated heterocycles. The number of amides is 1. The van der Waals surface area contributed by atoms with Crippen molar-refractivity contribution in [3.8, 4) is 11.4 Å². The molecule has 3 N–H and O–H groups in total. The van der Waals surface area contributed by atoms with E-state index in [0.29, 0.717) is 28.9 Å². The minimum atomic E-state index is -0.612. The number of anilines is 3. The summed E-state index contributed by atoms with van der Waals surface area (Å²) in [4.78, 5) is 35.2. The molecule has 5 aliphatic rings. The Kier molecular flexibility index (Phi) is 8.37. The van der Waals surface area contributed by atoms with Gasteiger partial charge in [-0.1, -0.05) is 6.07 Å². The Bertz CT molecular complexity index is 1630. The Balaban J connectivity index is 0.975. The Labute approximate surface area is 284 Å². The summed E-state index contributed by atoms with van der Waals surface area (Å²) in [5, 5.41) is 3.41. The minimum Gasteiger partial charge on any atom is -0.381 e. The number of carbonyl (C=O) groups excluding carboxylic acids is 1. The van der Waals surface area contributed by atoms with Crippen molar-refractivity contribution in [2.45, 2.75) is 64.3 Å². The van der Waals surface area contributed by atoms with Gasteiger partial charge in [0.1, 0.15) is 5.69 Å². The molecular weight excluding hydrogens is 600 g/mol. The maximum Gasteiger partial charge on any atom is 0.271 e. The molecular formula is C38H50N8O2. The summed E-state index contributed by atoms with van der Waals surface area (Å²) in [6.07, 6.45) is 11.0. The van der Waals surface area contributed by atoms with E-state index < -0.39 is 5.91 Å². The molecule has 48 heavy (non-hydrogen) atoms. The van der Waals surface area contributed by atoms with Crippen LogP contribution in [0.15, 0.2) is 42.6 Å². The number of primary amides is 1. The summed E-state index contributed by atoms with van der Waals surface area (Å²) in [5.74, 6) is 0.243. The van der Waals surface area contributed by atoms with Crippen LogP contribution in [0.5, 0.6) is 0 Å². The zero-order chi connectivity index (χ0) is 32.9. The van der Waals surface area contributed by atoms with Crippen molar-refractivity contribution in [1.82, 2.24) is 24.8 Å². The van der Waals surface area contributed by atoms with Gasteiger partial charge in [0, 0.05) is 56.4 Å². The molecule has 10 nitrogen and oxygen atoms in total. The van der Waals surface area contributed by atoms with Crippen LogP contribution in [0, 0.1) is 23.7 Å². The van der Waals surface area contributed by atoms with Crippen molar-refractivity contribution in [1.29, 1.82) is 0 Å². The molecule has 1 atom stereocenters. The molecule has 2 spiro atoms. The second-order valence-corrected chi connectivity index (χ2v) is 15.5. The number of pyridine rings is 1. The van der Waals surface area contributed by atoms with Crippen LogP contribution < -0.4 is 16.0 Å². The van der Waals surface area contributed by atoms with Gasteiger partial charge in [0.15, 0.2) is 11.5 Å². The first-order chi connectivity index (χ1) is 23.3. The van der Waals surface area contributed by atoms with Crippen LogP contribution >= 0.6 is 0 Å². The number of carbonyl (C=O) groups is 1. The highest BCUT2D eigenvalue weighted by atomic mass is 16.5. The maximum absolute atomic E-state index is 12.8. The lowest BCUT2D eigenvalue weighted by molar-refractivity contribution is -0.0419. The predicted molar refractivity (Wildman–Crippen MR) is 189 cm³/mol. The summed E-state index contributed by atoms with van der Waals surface area (Å²) in [6.45, 7) is 10.8. The fourth-order valence-corrected chi connectivity index (χ4v) is 9.14. The fourth-order valence-electron chi connectivity index (χ4n) is 9.14. The summed E-state index contributed by atoms with van der Waals surface area (Å²) in [5.41, 5.74) is 12.2. The Hall–Kier alpha value is -3.60. The quantitative estimate of drug-likeness (QED) is 0.346. The average Bonchev–Trinajstić information content (AvgIpc) is 3.86. The van der Waals surface area contributed by atoms with E-state index in [9.17, 15) is 4.79 Å². The number of nitrogens with one attached hydrogen (secondary N) is 1. The third kappa shape index (κ3) is 6.18. The summed E-state index contributed by atoms with van der Waals surface area (Å²) < 4.78 is 5.88. The van der Waals surface area contributed by atoms with Crippen molar-refractivity contribution in [2.75, 3.05) is 69.7 Å². The third-order valence-corrected chi connectivity index (χ3v) is 12.2. The predicted octanol–water partition coefficient (Wildman–Crippen LogP) is 5.05. The molecule has 1 aliphatic carbocycles. The molecule has 1 aromatic carbocycles. The zero-order valence-electron chi connectivity index (χ0n) is 28.6. The first-order valence-electron chi connectivity index (χ1n) is 18.0. The SMILES string of the molecule is Cc1cccnc1-c1nc(C(N)=O)c(Nc2ccc(N3CCC(N4CCC5(CC4)CN(C)C5)CC3)cc2)nc1CC1CCOCC12CC2. The van der Waals surface area contributed by atoms with Crippen LogP contribution in [0.4, 0.5) is 17.2 Å². The van der Waals surface area contributed by atoms with Gasteiger partial charge in [-0.15, -0.1) is 0 Å². The first kappa shape index (κ1) is 31.7. The monoisotopic (exact) mass is 650 g/mol. The molecule has 10 heteroatoms. The van der Waals surface area contributed by atoms with Gasteiger partial charge in [-0.05, 0) is 131 Å². The highest BCUT2D eigenvalue weighted by molar-refractivity contribution is 5.97. The van der Waals surface area contributed by atoms with Crippen LogP contribution in [-0.2, 0) is 11.2 Å². The molecule has 0 radical (unpaired) electrons. The number of aryl methyl sites for hydroxylation is 1. The van der Waals surface area contributed by atoms with Gasteiger partial charge >= 0.3 is 0 Å². The molecule has 5 fully saturated rings. The number of benzene rings is 1. The Morgan fingerprint density at radius 2 is 1.73 bits per heavy atom. The second kappa shape index (κ2) is 12.7. The molecule has 2 aromatic heterocycles. The number of aromatic nitrogens is 3. The smallest absolute Gasteiger partial charge is 0.271 e. The number of hydrogen-bond acceptors (Lipinski definition) is 9. The van der Waals surface area contributed by atoms with Gasteiger partial charge in [-0.25, -0.2) is 9.97 Å². The first-order valence-corrected chi connectivity index (χ1v) is 18.0. The van der Waals surface area contributed by atoms with E-state index in [1.54, 1.807) is 6.20 Å². The maximum atomic E-state index is 12.8. The molecule has 4 aliphatic heterocycles. The number of piperidine rings is 2. The number of likely N-dealkylation sites (tertiary alicyclic amines) is 2. The Morgan fingerprint density at radius 1 is 0.979 bits per heavy atom. The summed E-state index contributed by atoms with van der Waals surface area (Å²) in [6, 6.07) is 13.1. The van der Waals surface area contributed by atoms with Crippen LogP contribution in [0.2, 0.25) is 0 Å². The highest BCUT2D eigenvalue weighted by Gasteiger charge is 2.51. The molecule has 3 aromatic rings. The standard InChI is InChI=1S/C38H50N8O2/c1-26-4-3-16-40-32(26)33-31(22-27-11-21-48-25-38(27)12-13-38)42-36(34(43-33)35(39)47)41-28-5-7-29(8-6-28)45-17-9-30(10-18-45)46-19-14-37(15-20-46)23-44(2)24-37/h3-8,16,27,30H,9-15,17-25H2,1-2H3,(H2,39,47)(H,41,42). The number of nitrogens with zero attached hydrogens (tertiary/aromatic N) is 6. The second-order valence-electron chi connectivity index (χ2n) is 15.5. The molecule has 1 amide bonds. The summed E-state index contributed by atoms with van der Waals surface area (Å²) in [7, 11) is 2.25. The van der Waals surface area contributed by atoms with Crippen molar-refractivity contribution in [2.24, 2.45) is 22.5 Å². The number of nitrogens with two attached hydrogens (primary N) is 1. The van der Waals surface area contributed by atoms with Crippen LogP contribution in [0.3, 0.4) is 0 Å². The van der Waals surface area contributed by atoms with Gasteiger partial charge in [-0.2, -0.15) is 0 Å². The average molecular weight is 651 g/mol. The minimum absolute atomic E-state index is 0.131. The zero-order valence-corrected chi connectivity index (χ0v) is 28.6. The fraction of sp³-hybridized carbons (Fsp3) is 0.579. The molecule has 0 bridgehead atoms. The van der Waals surface area contributed by atoms with E-state index >= 15 is 0 Å². The van der Waals surface area contributed by atoms with Gasteiger partial charge in [0.2, 0.25) is 0 Å². The topological polar surface area (TPSA) is 113 Å². The van der Waals surface area contributed by atoms with Gasteiger partial charge in [-0.3, -0.25) is 9.78 Å². The van der Waals surface area contributed by atoms with Gasteiger partial charge < -0.3 is 30.5 Å². The lowest BCUT2D eigenvalue weighted by Crippen LogP contribution is -2.60. The summed E-state index contributed by atoms with van der Waals surface area (Å²) >= 11 is 0.